The van der Waals surface area contributed by atoms with Gasteiger partial charge >= 0.3 is 5.97 Å². The molecule has 11 atom stereocenters. The fourth-order valence-corrected chi connectivity index (χ4v) is 5.19. The summed E-state index contributed by atoms with van der Waals surface area (Å²) in [5, 5.41) is 50.0. The first-order chi connectivity index (χ1) is 16.9. The molecular formula is C24H28O11. The van der Waals surface area contributed by atoms with Crippen LogP contribution in [0.5, 0.6) is 0 Å². The molecule has 0 amide bonds. The monoisotopic (exact) mass is 492 g/mol. The van der Waals surface area contributed by atoms with Crippen LogP contribution >= 0.6 is 0 Å². The van der Waals surface area contributed by atoms with E-state index in [0.29, 0.717) is 0 Å². The SMILES string of the molecule is O=C(/C=C/c1ccccc1)O[C@@H]1[C@@H]2C=CO[C@@H](O[C@H]3O[C@@H](CO)[C@H](O)[C@@H](O)[C@@H]3O)[C@@H]2[C@]2(CO)O[C@H]12. The van der Waals surface area contributed by atoms with E-state index < -0.39 is 85.8 Å². The van der Waals surface area contributed by atoms with Crippen LogP contribution < -0.4 is 0 Å². The van der Waals surface area contributed by atoms with Crippen molar-refractivity contribution in [2.75, 3.05) is 13.2 Å². The number of carbonyl (C=O) groups is 1. The molecule has 0 bridgehead atoms. The minimum atomic E-state index is -1.63. The van der Waals surface area contributed by atoms with E-state index in [9.17, 15) is 30.3 Å². The number of benzene rings is 1. The molecule has 3 fully saturated rings. The van der Waals surface area contributed by atoms with Gasteiger partial charge < -0.3 is 49.2 Å². The number of aliphatic hydroxyl groups is 5. The van der Waals surface area contributed by atoms with Crippen molar-refractivity contribution in [3.05, 3.63) is 54.3 Å². The summed E-state index contributed by atoms with van der Waals surface area (Å²) in [4.78, 5) is 12.5. The van der Waals surface area contributed by atoms with Gasteiger partial charge in [-0.3, -0.25) is 0 Å². The van der Waals surface area contributed by atoms with Gasteiger partial charge in [-0.25, -0.2) is 4.79 Å². The smallest absolute Gasteiger partial charge is 0.331 e. The lowest BCUT2D eigenvalue weighted by Gasteiger charge is -2.43. The van der Waals surface area contributed by atoms with Gasteiger partial charge in [0.15, 0.2) is 6.29 Å². The fourth-order valence-electron chi connectivity index (χ4n) is 5.19. The summed E-state index contributed by atoms with van der Waals surface area (Å²) in [7, 11) is 0. The summed E-state index contributed by atoms with van der Waals surface area (Å²) in [6.45, 7) is -0.999. The summed E-state index contributed by atoms with van der Waals surface area (Å²) in [5.74, 6) is -1.64. The van der Waals surface area contributed by atoms with Crippen molar-refractivity contribution in [2.24, 2.45) is 11.8 Å². The highest BCUT2D eigenvalue weighted by atomic mass is 16.8. The van der Waals surface area contributed by atoms with Crippen LogP contribution in [0.4, 0.5) is 0 Å². The molecule has 0 aromatic heterocycles. The predicted octanol–water partition coefficient (Wildman–Crippen LogP) is -1.33. The standard InChI is InChI=1S/C24H28O11/c25-10-14-17(28)18(29)19(30)23(32-14)34-22-16-13(8-9-31-22)20(21-24(16,11-26)35-21)33-15(27)7-6-12-4-2-1-3-5-12/h1-9,13-14,16-23,25-26,28-30H,10-11H2/b7-6+/t13-,14+,16-,17+,18-,19+,20-,21-,22+,23-,24+/m1/s1. The van der Waals surface area contributed by atoms with Crippen LogP contribution in [0.2, 0.25) is 0 Å². The average Bonchev–Trinajstić information content (AvgIpc) is 3.56. The molecule has 190 valence electrons. The van der Waals surface area contributed by atoms with Crippen molar-refractivity contribution in [1.29, 1.82) is 0 Å². The quantitative estimate of drug-likeness (QED) is 0.174. The highest BCUT2D eigenvalue weighted by molar-refractivity contribution is 5.87. The second-order valence-corrected chi connectivity index (χ2v) is 9.07. The van der Waals surface area contributed by atoms with Gasteiger partial charge in [0.2, 0.25) is 6.29 Å². The molecule has 3 heterocycles. The molecule has 1 aliphatic carbocycles. The number of aliphatic hydroxyl groups excluding tert-OH is 5. The van der Waals surface area contributed by atoms with E-state index in [4.69, 9.17) is 23.7 Å². The molecule has 1 saturated carbocycles. The van der Waals surface area contributed by atoms with Crippen LogP contribution in [0.15, 0.2) is 48.7 Å². The Morgan fingerprint density at radius 2 is 1.83 bits per heavy atom. The number of esters is 1. The Morgan fingerprint density at radius 1 is 1.06 bits per heavy atom. The molecule has 3 aliphatic heterocycles. The molecular weight excluding hydrogens is 464 g/mol. The first-order valence-corrected chi connectivity index (χ1v) is 11.4. The summed E-state index contributed by atoms with van der Waals surface area (Å²) in [6.07, 6.45) is -3.78. The van der Waals surface area contributed by atoms with Crippen molar-refractivity contribution in [2.45, 2.75) is 54.8 Å². The molecule has 35 heavy (non-hydrogen) atoms. The maximum absolute atomic E-state index is 12.5. The van der Waals surface area contributed by atoms with Crippen LogP contribution in [0.25, 0.3) is 6.08 Å². The van der Waals surface area contributed by atoms with Gasteiger partial charge in [-0.05, 0) is 17.7 Å². The number of rotatable bonds is 7. The van der Waals surface area contributed by atoms with E-state index in [1.165, 1.54) is 12.3 Å². The molecule has 0 spiro atoms. The molecule has 4 aliphatic rings. The topological polar surface area (TPSA) is 168 Å². The van der Waals surface area contributed by atoms with Crippen molar-refractivity contribution in [3.63, 3.8) is 0 Å². The number of hydrogen-bond donors (Lipinski definition) is 5. The highest BCUT2D eigenvalue weighted by Gasteiger charge is 2.77. The number of epoxide rings is 1. The minimum absolute atomic E-state index is 0.390. The van der Waals surface area contributed by atoms with E-state index in [2.05, 4.69) is 0 Å². The first-order valence-electron chi connectivity index (χ1n) is 11.4. The van der Waals surface area contributed by atoms with E-state index in [0.717, 1.165) is 5.56 Å². The largest absolute Gasteiger partial charge is 0.472 e. The summed E-state index contributed by atoms with van der Waals surface area (Å²) in [5.41, 5.74) is -0.262. The van der Waals surface area contributed by atoms with Crippen molar-refractivity contribution >= 4 is 12.0 Å². The Hall–Kier alpha value is -2.35. The van der Waals surface area contributed by atoms with Crippen molar-refractivity contribution in [3.8, 4) is 0 Å². The molecule has 0 unspecified atom stereocenters. The zero-order valence-electron chi connectivity index (χ0n) is 18.6. The number of carbonyl (C=O) groups excluding carboxylic acids is 1. The van der Waals surface area contributed by atoms with E-state index in [1.54, 1.807) is 12.2 Å². The second-order valence-electron chi connectivity index (χ2n) is 9.07. The number of hydrogen-bond acceptors (Lipinski definition) is 11. The molecule has 11 heteroatoms. The first kappa shape index (κ1) is 24.3. The van der Waals surface area contributed by atoms with Gasteiger partial charge in [-0.15, -0.1) is 0 Å². The van der Waals surface area contributed by atoms with Crippen LogP contribution in [0, 0.1) is 11.8 Å². The predicted molar refractivity (Wildman–Crippen MR) is 116 cm³/mol. The van der Waals surface area contributed by atoms with Gasteiger partial charge in [0, 0.05) is 12.0 Å². The van der Waals surface area contributed by atoms with Crippen LogP contribution in [-0.2, 0) is 28.5 Å². The third-order valence-electron chi connectivity index (χ3n) is 7.06. The molecule has 1 aromatic carbocycles. The number of ether oxygens (including phenoxy) is 5. The molecule has 11 nitrogen and oxygen atoms in total. The maximum Gasteiger partial charge on any atom is 0.331 e. The van der Waals surface area contributed by atoms with Crippen LogP contribution in [0.1, 0.15) is 5.56 Å². The summed E-state index contributed by atoms with van der Waals surface area (Å²) in [6, 6.07) is 9.26. The van der Waals surface area contributed by atoms with Crippen LogP contribution in [0.3, 0.4) is 0 Å². The average molecular weight is 492 g/mol. The van der Waals surface area contributed by atoms with Gasteiger partial charge in [-0.1, -0.05) is 30.3 Å². The highest BCUT2D eigenvalue weighted by Crippen LogP contribution is 2.60. The van der Waals surface area contributed by atoms with Crippen LogP contribution in [-0.4, -0.2) is 99.5 Å². The Morgan fingerprint density at radius 3 is 2.54 bits per heavy atom. The van der Waals surface area contributed by atoms with E-state index in [1.807, 2.05) is 30.3 Å². The third-order valence-corrected chi connectivity index (χ3v) is 7.06. The zero-order valence-corrected chi connectivity index (χ0v) is 18.6. The van der Waals surface area contributed by atoms with E-state index >= 15 is 0 Å². The Kier molecular flexibility index (Phi) is 6.68. The third kappa shape index (κ3) is 4.28. The normalized spacial score (nSPS) is 43.9. The zero-order chi connectivity index (χ0) is 24.7. The van der Waals surface area contributed by atoms with E-state index in [-0.39, 0.29) is 0 Å². The van der Waals surface area contributed by atoms with Crippen molar-refractivity contribution in [1.82, 2.24) is 0 Å². The lowest BCUT2D eigenvalue weighted by atomic mass is 9.85. The van der Waals surface area contributed by atoms with Gasteiger partial charge in [0.25, 0.3) is 0 Å². The summed E-state index contributed by atoms with van der Waals surface area (Å²) < 4.78 is 28.3. The Bertz CT molecular complexity index is 965. The summed E-state index contributed by atoms with van der Waals surface area (Å²) >= 11 is 0. The van der Waals surface area contributed by atoms with Gasteiger partial charge in [-0.2, -0.15) is 0 Å². The molecule has 5 N–H and O–H groups in total. The molecule has 0 radical (unpaired) electrons. The Balaban J connectivity index is 1.31. The second kappa shape index (κ2) is 9.60. The van der Waals surface area contributed by atoms with Gasteiger partial charge in [0.05, 0.1) is 25.4 Å². The molecule has 1 aromatic rings. The molecule has 2 saturated heterocycles. The fraction of sp³-hybridized carbons (Fsp3) is 0.542. The lowest BCUT2D eigenvalue weighted by Crippen LogP contribution is -2.60. The Labute approximate surface area is 200 Å². The minimum Gasteiger partial charge on any atom is -0.472 e. The molecule has 5 rings (SSSR count). The van der Waals surface area contributed by atoms with Crippen molar-refractivity contribution < 1.29 is 54.0 Å². The number of fused-ring (bicyclic) bond motifs is 3. The lowest BCUT2D eigenvalue weighted by molar-refractivity contribution is -0.344. The van der Waals surface area contributed by atoms with Gasteiger partial charge in [0.1, 0.15) is 42.2 Å². The maximum atomic E-state index is 12.5.